The number of amides is 1. The Hall–Kier alpha value is -3.52. The van der Waals surface area contributed by atoms with Crippen LogP contribution in [0.4, 0.5) is 5.69 Å². The van der Waals surface area contributed by atoms with E-state index >= 15 is 0 Å². The molecule has 1 atom stereocenters. The molecular weight excluding hydrogens is 432 g/mol. The number of carbonyl (C=O) groups is 1. The summed E-state index contributed by atoms with van der Waals surface area (Å²) in [5.74, 6) is 1.19. The molecule has 0 unspecified atom stereocenters. The fourth-order valence-corrected chi connectivity index (χ4v) is 4.08. The average molecular weight is 459 g/mol. The molecule has 4 rings (SSSR count). The van der Waals surface area contributed by atoms with Gasteiger partial charge in [0.1, 0.15) is 5.69 Å². The molecule has 7 nitrogen and oxygen atoms in total. The fraction of sp³-hybridized carbons (Fsp3) is 0.240. The standard InChI is InChI=1S/C25H26N6OS/c1-4-18(3)19-7-9-20(10-8-19)28-23(32)16-33-25-30-29-24(22-15-26-13-14-27-22)31(25)21-11-5-17(2)6-12-21/h5-15,18H,4,16H2,1-3H3,(H,28,32)/t18-/m1/s1. The summed E-state index contributed by atoms with van der Waals surface area (Å²) in [4.78, 5) is 21.1. The lowest BCUT2D eigenvalue weighted by atomic mass is 9.99. The summed E-state index contributed by atoms with van der Waals surface area (Å²) >= 11 is 1.33. The molecule has 168 valence electrons. The zero-order valence-corrected chi connectivity index (χ0v) is 19.7. The molecular formula is C25H26N6OS. The highest BCUT2D eigenvalue weighted by molar-refractivity contribution is 7.99. The van der Waals surface area contributed by atoms with Crippen molar-refractivity contribution in [3.63, 3.8) is 0 Å². The first-order chi connectivity index (χ1) is 16.0. The second-order valence-electron chi connectivity index (χ2n) is 7.84. The van der Waals surface area contributed by atoms with E-state index in [1.165, 1.54) is 17.3 Å². The Kier molecular flexibility index (Phi) is 7.14. The molecule has 0 aliphatic heterocycles. The van der Waals surface area contributed by atoms with Gasteiger partial charge in [0, 0.05) is 23.8 Å². The van der Waals surface area contributed by atoms with Gasteiger partial charge >= 0.3 is 0 Å². The molecule has 0 aliphatic carbocycles. The predicted molar refractivity (Wildman–Crippen MR) is 132 cm³/mol. The second kappa shape index (κ2) is 10.4. The van der Waals surface area contributed by atoms with Crippen LogP contribution in [0.25, 0.3) is 17.2 Å². The van der Waals surface area contributed by atoms with E-state index < -0.39 is 0 Å². The van der Waals surface area contributed by atoms with Crippen LogP contribution < -0.4 is 5.32 Å². The first-order valence-corrected chi connectivity index (χ1v) is 11.8. The van der Waals surface area contributed by atoms with E-state index in [1.54, 1.807) is 18.6 Å². The van der Waals surface area contributed by atoms with Gasteiger partial charge in [0.25, 0.3) is 0 Å². The van der Waals surface area contributed by atoms with E-state index in [4.69, 9.17) is 0 Å². The fourth-order valence-electron chi connectivity index (χ4n) is 3.33. The van der Waals surface area contributed by atoms with Crippen LogP contribution in [0.1, 0.15) is 37.3 Å². The van der Waals surface area contributed by atoms with Crippen molar-refractivity contribution in [2.45, 2.75) is 38.3 Å². The molecule has 0 saturated carbocycles. The average Bonchev–Trinajstić information content (AvgIpc) is 3.28. The van der Waals surface area contributed by atoms with Crippen molar-refractivity contribution in [3.8, 4) is 17.2 Å². The lowest BCUT2D eigenvalue weighted by Crippen LogP contribution is -2.14. The van der Waals surface area contributed by atoms with Crippen molar-refractivity contribution in [2.24, 2.45) is 0 Å². The molecule has 2 aromatic carbocycles. The number of aromatic nitrogens is 5. The minimum absolute atomic E-state index is 0.101. The number of aryl methyl sites for hydroxylation is 1. The number of nitrogens with one attached hydrogen (secondary N) is 1. The first kappa shape index (κ1) is 22.7. The van der Waals surface area contributed by atoms with Crippen molar-refractivity contribution in [1.29, 1.82) is 0 Å². The largest absolute Gasteiger partial charge is 0.325 e. The highest BCUT2D eigenvalue weighted by Gasteiger charge is 2.18. The van der Waals surface area contributed by atoms with Crippen molar-refractivity contribution >= 4 is 23.4 Å². The summed E-state index contributed by atoms with van der Waals surface area (Å²) in [5.41, 5.74) is 4.72. The van der Waals surface area contributed by atoms with Gasteiger partial charge in [0.15, 0.2) is 11.0 Å². The number of anilines is 1. The summed E-state index contributed by atoms with van der Waals surface area (Å²) in [7, 11) is 0. The third-order valence-corrected chi connectivity index (χ3v) is 6.35. The highest BCUT2D eigenvalue weighted by Crippen LogP contribution is 2.27. The van der Waals surface area contributed by atoms with E-state index in [1.807, 2.05) is 47.9 Å². The number of hydrogen-bond donors (Lipinski definition) is 1. The van der Waals surface area contributed by atoms with Crippen molar-refractivity contribution in [2.75, 3.05) is 11.1 Å². The van der Waals surface area contributed by atoms with E-state index in [0.717, 1.165) is 23.4 Å². The van der Waals surface area contributed by atoms with E-state index in [0.29, 0.717) is 22.6 Å². The zero-order chi connectivity index (χ0) is 23.2. The summed E-state index contributed by atoms with van der Waals surface area (Å²) in [6.07, 6.45) is 5.97. The normalized spacial score (nSPS) is 11.8. The zero-order valence-electron chi connectivity index (χ0n) is 18.9. The topological polar surface area (TPSA) is 85.6 Å². The maximum absolute atomic E-state index is 12.6. The highest BCUT2D eigenvalue weighted by atomic mass is 32.2. The Morgan fingerprint density at radius 1 is 1.06 bits per heavy atom. The van der Waals surface area contributed by atoms with Gasteiger partial charge in [0.2, 0.25) is 5.91 Å². The van der Waals surface area contributed by atoms with Gasteiger partial charge in [-0.2, -0.15) is 0 Å². The molecule has 0 saturated heterocycles. The van der Waals surface area contributed by atoms with Gasteiger partial charge in [-0.25, -0.2) is 4.98 Å². The van der Waals surface area contributed by atoms with Crippen LogP contribution >= 0.6 is 11.8 Å². The monoisotopic (exact) mass is 458 g/mol. The van der Waals surface area contributed by atoms with Gasteiger partial charge < -0.3 is 5.32 Å². The van der Waals surface area contributed by atoms with Crippen LogP contribution in [0.15, 0.2) is 72.3 Å². The number of hydrogen-bond acceptors (Lipinski definition) is 6. The number of carbonyl (C=O) groups excluding carboxylic acids is 1. The SMILES string of the molecule is CC[C@@H](C)c1ccc(NC(=O)CSc2nnc(-c3cnccn3)n2-c2ccc(C)cc2)cc1. The van der Waals surface area contributed by atoms with Crippen LogP contribution in [-0.4, -0.2) is 36.4 Å². The Bertz CT molecular complexity index is 1210. The van der Waals surface area contributed by atoms with Crippen LogP contribution in [-0.2, 0) is 4.79 Å². The summed E-state index contributed by atoms with van der Waals surface area (Å²) < 4.78 is 1.91. The molecule has 1 amide bonds. The molecule has 1 N–H and O–H groups in total. The van der Waals surface area contributed by atoms with E-state index in [2.05, 4.69) is 51.5 Å². The smallest absolute Gasteiger partial charge is 0.234 e. The van der Waals surface area contributed by atoms with Gasteiger partial charge in [-0.3, -0.25) is 14.3 Å². The van der Waals surface area contributed by atoms with Crippen LogP contribution in [0.2, 0.25) is 0 Å². The Morgan fingerprint density at radius 2 is 1.82 bits per heavy atom. The third kappa shape index (κ3) is 5.46. The molecule has 0 fully saturated rings. The third-order valence-electron chi connectivity index (χ3n) is 5.43. The van der Waals surface area contributed by atoms with E-state index in [9.17, 15) is 4.79 Å². The van der Waals surface area contributed by atoms with Gasteiger partial charge in [0.05, 0.1) is 11.9 Å². The number of thioether (sulfide) groups is 1. The molecule has 4 aromatic rings. The summed E-state index contributed by atoms with van der Waals surface area (Å²) in [5, 5.41) is 12.3. The molecule has 0 spiro atoms. The molecule has 0 aliphatic rings. The number of rotatable bonds is 8. The van der Waals surface area contributed by atoms with Crippen molar-refractivity contribution < 1.29 is 4.79 Å². The Morgan fingerprint density at radius 3 is 2.48 bits per heavy atom. The van der Waals surface area contributed by atoms with E-state index in [-0.39, 0.29) is 11.7 Å². The second-order valence-corrected chi connectivity index (χ2v) is 8.78. The maximum atomic E-state index is 12.6. The van der Waals surface area contributed by atoms with Crippen LogP contribution in [0.5, 0.6) is 0 Å². The molecule has 0 bridgehead atoms. The van der Waals surface area contributed by atoms with Crippen molar-refractivity contribution in [1.82, 2.24) is 24.7 Å². The molecule has 2 heterocycles. The molecule has 8 heteroatoms. The Balaban J connectivity index is 1.51. The lowest BCUT2D eigenvalue weighted by Gasteiger charge is -2.11. The summed E-state index contributed by atoms with van der Waals surface area (Å²) in [6.45, 7) is 6.40. The van der Waals surface area contributed by atoms with Crippen LogP contribution in [0, 0.1) is 6.92 Å². The minimum atomic E-state index is -0.101. The van der Waals surface area contributed by atoms with Gasteiger partial charge in [-0.15, -0.1) is 10.2 Å². The number of nitrogens with zero attached hydrogens (tertiary/aromatic N) is 5. The van der Waals surface area contributed by atoms with Crippen LogP contribution in [0.3, 0.4) is 0 Å². The maximum Gasteiger partial charge on any atom is 0.234 e. The predicted octanol–water partition coefficient (Wildman–Crippen LogP) is 5.28. The first-order valence-electron chi connectivity index (χ1n) is 10.9. The lowest BCUT2D eigenvalue weighted by molar-refractivity contribution is -0.113. The Labute approximate surface area is 197 Å². The quantitative estimate of drug-likeness (QED) is 0.362. The molecule has 0 radical (unpaired) electrons. The summed E-state index contributed by atoms with van der Waals surface area (Å²) in [6, 6.07) is 16.1. The van der Waals surface area contributed by atoms with Gasteiger partial charge in [-0.05, 0) is 49.1 Å². The molecule has 2 aromatic heterocycles. The van der Waals surface area contributed by atoms with Gasteiger partial charge in [-0.1, -0.05) is 55.4 Å². The van der Waals surface area contributed by atoms with Crippen molar-refractivity contribution in [3.05, 3.63) is 78.2 Å². The minimum Gasteiger partial charge on any atom is -0.325 e. The number of benzene rings is 2. The molecule has 33 heavy (non-hydrogen) atoms.